The van der Waals surface area contributed by atoms with Gasteiger partial charge >= 0.3 is 12.1 Å². The van der Waals surface area contributed by atoms with Crippen LogP contribution < -0.4 is 25.6 Å². The lowest BCUT2D eigenvalue weighted by molar-refractivity contribution is 0.148. The van der Waals surface area contributed by atoms with Gasteiger partial charge in [-0.2, -0.15) is 5.26 Å². The molecular weight excluding hydrogens is 371 g/mol. The Morgan fingerprint density at radius 2 is 1.82 bits per heavy atom. The Labute approximate surface area is 160 Å². The summed E-state index contributed by atoms with van der Waals surface area (Å²) >= 11 is 0. The van der Waals surface area contributed by atoms with Gasteiger partial charge in [0.15, 0.2) is 0 Å². The molecule has 2 aromatic rings. The molecule has 0 aliphatic heterocycles. The summed E-state index contributed by atoms with van der Waals surface area (Å²) in [6.07, 6.45) is -0.874. The van der Waals surface area contributed by atoms with Crippen LogP contribution in [0.1, 0.15) is 12.5 Å². The van der Waals surface area contributed by atoms with E-state index in [4.69, 9.17) is 9.47 Å². The molecule has 0 saturated carbocycles. The first-order valence-corrected chi connectivity index (χ1v) is 8.02. The molecule has 0 aromatic heterocycles. The van der Waals surface area contributed by atoms with Gasteiger partial charge in [0.05, 0.1) is 25.0 Å². The zero-order valence-corrected chi connectivity index (χ0v) is 15.0. The Morgan fingerprint density at radius 1 is 1.14 bits per heavy atom. The van der Waals surface area contributed by atoms with Crippen molar-refractivity contribution in [2.75, 3.05) is 19.0 Å². The molecule has 0 bridgehead atoms. The number of nitrogens with zero attached hydrogens (tertiary/aromatic N) is 1. The zero-order chi connectivity index (χ0) is 20.5. The van der Waals surface area contributed by atoms with Crippen LogP contribution >= 0.6 is 0 Å². The van der Waals surface area contributed by atoms with Gasteiger partial charge in [-0.1, -0.05) is 0 Å². The molecule has 0 atom stereocenters. The standard InChI is InChI=1S/C18H17FN4O5/c1-3-27-18(25)23-22-17(24)21-15-9-16(11(10-20)8-14(15)19)28-13-6-4-12(26-2)5-7-13/h4-9H,3H2,1-2H3,(H,23,25)(H2,21,22,24). The molecule has 28 heavy (non-hydrogen) atoms. The van der Waals surface area contributed by atoms with Crippen molar-refractivity contribution in [3.63, 3.8) is 0 Å². The lowest BCUT2D eigenvalue weighted by Crippen LogP contribution is -2.44. The second-order valence-electron chi connectivity index (χ2n) is 5.14. The summed E-state index contributed by atoms with van der Waals surface area (Å²) in [4.78, 5) is 22.9. The number of nitriles is 1. The van der Waals surface area contributed by atoms with Crippen LogP contribution in [0.3, 0.4) is 0 Å². The highest BCUT2D eigenvalue weighted by molar-refractivity contribution is 5.90. The fraction of sp³-hybridized carbons (Fsp3) is 0.167. The lowest BCUT2D eigenvalue weighted by Gasteiger charge is -2.13. The number of urea groups is 1. The van der Waals surface area contributed by atoms with E-state index in [1.165, 1.54) is 7.11 Å². The Bertz CT molecular complexity index is 896. The summed E-state index contributed by atoms with van der Waals surface area (Å²) in [5.74, 6) is 0.163. The summed E-state index contributed by atoms with van der Waals surface area (Å²) in [5.41, 5.74) is 3.64. The molecule has 0 aliphatic carbocycles. The predicted molar refractivity (Wildman–Crippen MR) is 96.5 cm³/mol. The van der Waals surface area contributed by atoms with Gasteiger partial charge in [0, 0.05) is 6.07 Å². The molecule has 10 heteroatoms. The van der Waals surface area contributed by atoms with E-state index in [-0.39, 0.29) is 23.6 Å². The highest BCUT2D eigenvalue weighted by atomic mass is 19.1. The SMILES string of the molecule is CCOC(=O)NNC(=O)Nc1cc(Oc2ccc(OC)cc2)c(C#N)cc1F. The van der Waals surface area contributed by atoms with E-state index in [9.17, 15) is 19.2 Å². The molecule has 2 aromatic carbocycles. The molecular formula is C18H17FN4O5. The minimum absolute atomic E-state index is 0.0303. The third-order valence-corrected chi connectivity index (χ3v) is 3.28. The van der Waals surface area contributed by atoms with Crippen LogP contribution in [0.25, 0.3) is 0 Å². The van der Waals surface area contributed by atoms with Crippen molar-refractivity contribution in [3.05, 3.63) is 47.8 Å². The van der Waals surface area contributed by atoms with Crippen LogP contribution in [-0.2, 0) is 4.74 Å². The molecule has 0 aliphatic rings. The second kappa shape index (κ2) is 9.63. The van der Waals surface area contributed by atoms with Crippen LogP contribution in [0.15, 0.2) is 36.4 Å². The zero-order valence-electron chi connectivity index (χ0n) is 15.0. The summed E-state index contributed by atoms with van der Waals surface area (Å²) in [5, 5.41) is 11.4. The predicted octanol–water partition coefficient (Wildman–Crippen LogP) is 3.28. The van der Waals surface area contributed by atoms with Crippen LogP contribution in [-0.4, -0.2) is 25.8 Å². The molecule has 3 N–H and O–H groups in total. The van der Waals surface area contributed by atoms with Crippen LogP contribution in [0, 0.1) is 17.1 Å². The van der Waals surface area contributed by atoms with E-state index in [0.29, 0.717) is 11.5 Å². The summed E-state index contributed by atoms with van der Waals surface area (Å²) in [6.45, 7) is 1.71. The van der Waals surface area contributed by atoms with Crippen molar-refractivity contribution in [1.82, 2.24) is 10.9 Å². The number of hydrogen-bond donors (Lipinski definition) is 3. The van der Waals surface area contributed by atoms with E-state index in [2.05, 4.69) is 10.1 Å². The average Bonchev–Trinajstić information content (AvgIpc) is 2.69. The lowest BCUT2D eigenvalue weighted by atomic mass is 10.2. The van der Waals surface area contributed by atoms with Crippen LogP contribution in [0.5, 0.6) is 17.2 Å². The van der Waals surface area contributed by atoms with Gasteiger partial charge < -0.3 is 19.5 Å². The number of halogens is 1. The normalized spacial score (nSPS) is 9.64. The van der Waals surface area contributed by atoms with E-state index in [0.717, 1.165) is 12.1 Å². The highest BCUT2D eigenvalue weighted by Gasteiger charge is 2.14. The molecule has 0 radical (unpaired) electrons. The van der Waals surface area contributed by atoms with Gasteiger partial charge in [-0.3, -0.25) is 0 Å². The van der Waals surface area contributed by atoms with Crippen molar-refractivity contribution in [1.29, 1.82) is 5.26 Å². The Kier molecular flexibility index (Phi) is 6.99. The van der Waals surface area contributed by atoms with Crippen molar-refractivity contribution in [3.8, 4) is 23.3 Å². The number of anilines is 1. The number of nitrogens with one attached hydrogen (secondary N) is 3. The number of hydrazine groups is 1. The molecule has 3 amide bonds. The number of benzene rings is 2. The molecule has 2 rings (SSSR count). The Hall–Kier alpha value is -4.00. The van der Waals surface area contributed by atoms with Gasteiger partial charge in [-0.25, -0.2) is 24.8 Å². The fourth-order valence-corrected chi connectivity index (χ4v) is 2.02. The van der Waals surface area contributed by atoms with E-state index in [1.54, 1.807) is 31.2 Å². The smallest absolute Gasteiger partial charge is 0.426 e. The van der Waals surface area contributed by atoms with Gasteiger partial charge in [0.1, 0.15) is 29.1 Å². The fourth-order valence-electron chi connectivity index (χ4n) is 2.02. The van der Waals surface area contributed by atoms with E-state index in [1.807, 2.05) is 16.9 Å². The minimum atomic E-state index is -0.924. The number of hydrogen-bond acceptors (Lipinski definition) is 6. The van der Waals surface area contributed by atoms with E-state index >= 15 is 0 Å². The quantitative estimate of drug-likeness (QED) is 0.676. The molecule has 0 unspecified atom stereocenters. The first-order chi connectivity index (χ1) is 13.5. The van der Waals surface area contributed by atoms with Crippen molar-refractivity contribution < 1.29 is 28.2 Å². The third kappa shape index (κ3) is 5.50. The maximum atomic E-state index is 14.2. The first kappa shape index (κ1) is 20.3. The van der Waals surface area contributed by atoms with Crippen molar-refractivity contribution in [2.45, 2.75) is 6.92 Å². The van der Waals surface area contributed by atoms with Gasteiger partial charge in [-0.15, -0.1) is 0 Å². The molecule has 0 heterocycles. The topological polar surface area (TPSA) is 122 Å². The third-order valence-electron chi connectivity index (χ3n) is 3.28. The second-order valence-corrected chi connectivity index (χ2v) is 5.14. The van der Waals surface area contributed by atoms with Crippen LogP contribution in [0.4, 0.5) is 19.7 Å². The van der Waals surface area contributed by atoms with Crippen LogP contribution in [0.2, 0.25) is 0 Å². The van der Waals surface area contributed by atoms with Gasteiger partial charge in [0.2, 0.25) is 0 Å². The molecule has 9 nitrogen and oxygen atoms in total. The number of amides is 3. The first-order valence-electron chi connectivity index (χ1n) is 8.02. The van der Waals surface area contributed by atoms with Gasteiger partial charge in [-0.05, 0) is 37.3 Å². The Morgan fingerprint density at radius 3 is 2.43 bits per heavy atom. The summed E-state index contributed by atoms with van der Waals surface area (Å²) in [7, 11) is 1.52. The highest BCUT2D eigenvalue weighted by Crippen LogP contribution is 2.31. The minimum Gasteiger partial charge on any atom is -0.497 e. The number of carbonyl (C=O) groups is 2. The number of rotatable bonds is 5. The maximum absolute atomic E-state index is 14.2. The molecule has 146 valence electrons. The maximum Gasteiger partial charge on any atom is 0.426 e. The Balaban J connectivity index is 2.15. The monoisotopic (exact) mass is 388 g/mol. The number of ether oxygens (including phenoxy) is 3. The summed E-state index contributed by atoms with van der Waals surface area (Å²) in [6, 6.07) is 9.49. The molecule has 0 fully saturated rings. The molecule has 0 saturated heterocycles. The van der Waals surface area contributed by atoms with Crippen molar-refractivity contribution >= 4 is 17.8 Å². The molecule has 0 spiro atoms. The number of carbonyl (C=O) groups excluding carboxylic acids is 2. The summed E-state index contributed by atoms with van der Waals surface area (Å²) < 4.78 is 29.4. The van der Waals surface area contributed by atoms with Crippen molar-refractivity contribution in [2.24, 2.45) is 0 Å². The van der Waals surface area contributed by atoms with Gasteiger partial charge in [0.25, 0.3) is 0 Å². The number of methoxy groups -OCH3 is 1. The van der Waals surface area contributed by atoms with E-state index < -0.39 is 17.9 Å². The largest absolute Gasteiger partial charge is 0.497 e. The average molecular weight is 388 g/mol.